The van der Waals surface area contributed by atoms with E-state index in [9.17, 15) is 4.79 Å². The minimum absolute atomic E-state index is 0.0282. The van der Waals surface area contributed by atoms with E-state index in [1.807, 2.05) is 0 Å². The average Bonchev–Trinajstić information content (AvgIpc) is 2.39. The van der Waals surface area contributed by atoms with Crippen LogP contribution in [0, 0.1) is 0 Å². The van der Waals surface area contributed by atoms with E-state index in [1.165, 1.54) is 0 Å². The molecule has 0 saturated heterocycles. The highest BCUT2D eigenvalue weighted by Gasteiger charge is 2.30. The van der Waals surface area contributed by atoms with E-state index >= 15 is 0 Å². The third-order valence-corrected chi connectivity index (χ3v) is 3.92. The molecule has 1 unspecified atom stereocenters. The van der Waals surface area contributed by atoms with Gasteiger partial charge in [0.15, 0.2) is 5.78 Å². The van der Waals surface area contributed by atoms with Crippen LogP contribution in [0.3, 0.4) is 0 Å². The molecule has 5 heteroatoms. The highest BCUT2D eigenvalue weighted by atomic mass is 35.5. The molecule has 0 fully saturated rings. The van der Waals surface area contributed by atoms with Crippen molar-refractivity contribution < 1.29 is 9.53 Å². The van der Waals surface area contributed by atoms with Crippen molar-refractivity contribution in [2.24, 2.45) is 0 Å². The molecule has 102 valence electrons. The van der Waals surface area contributed by atoms with E-state index in [0.29, 0.717) is 32.6 Å². The van der Waals surface area contributed by atoms with Gasteiger partial charge >= 0.3 is 0 Å². The summed E-state index contributed by atoms with van der Waals surface area (Å²) < 4.78 is 5.86. The molecule has 2 aromatic carbocycles. The standard InChI is InChI=1S/C15H11Cl2NO2/c16-10-2-1-3-11(17)15(10)14-7-12(19)9-6-8(18)4-5-13(9)20-14/h1-6,14H,7,18H2. The normalized spacial score (nSPS) is 17.5. The van der Waals surface area contributed by atoms with Crippen LogP contribution in [0.15, 0.2) is 36.4 Å². The van der Waals surface area contributed by atoms with E-state index in [-0.39, 0.29) is 12.2 Å². The Balaban J connectivity index is 2.04. The monoisotopic (exact) mass is 307 g/mol. The maximum absolute atomic E-state index is 12.2. The van der Waals surface area contributed by atoms with E-state index in [1.54, 1.807) is 36.4 Å². The zero-order valence-corrected chi connectivity index (χ0v) is 11.9. The first-order valence-corrected chi connectivity index (χ1v) is 6.85. The number of Topliss-reactive ketones (excluding diaryl/α,β-unsaturated/α-hetero) is 1. The molecule has 20 heavy (non-hydrogen) atoms. The molecule has 0 bridgehead atoms. The lowest BCUT2D eigenvalue weighted by molar-refractivity contribution is 0.0850. The summed E-state index contributed by atoms with van der Waals surface area (Å²) in [6, 6.07) is 10.2. The van der Waals surface area contributed by atoms with Crippen molar-refractivity contribution in [3.63, 3.8) is 0 Å². The average molecular weight is 308 g/mol. The molecule has 3 rings (SSSR count). The molecule has 1 aliphatic rings. The molecular weight excluding hydrogens is 297 g/mol. The van der Waals surface area contributed by atoms with Crippen LogP contribution in [0.25, 0.3) is 0 Å². The van der Waals surface area contributed by atoms with Gasteiger partial charge in [-0.3, -0.25) is 4.79 Å². The molecule has 1 heterocycles. The van der Waals surface area contributed by atoms with E-state index in [0.717, 1.165) is 0 Å². The minimum Gasteiger partial charge on any atom is -0.484 e. The van der Waals surface area contributed by atoms with Gasteiger partial charge in [-0.2, -0.15) is 0 Å². The number of nitrogen functional groups attached to an aromatic ring is 1. The largest absolute Gasteiger partial charge is 0.484 e. The summed E-state index contributed by atoms with van der Waals surface area (Å²) in [6.45, 7) is 0. The van der Waals surface area contributed by atoms with Gasteiger partial charge in [-0.05, 0) is 30.3 Å². The van der Waals surface area contributed by atoms with Crippen LogP contribution in [0.1, 0.15) is 28.4 Å². The van der Waals surface area contributed by atoms with Crippen LogP contribution in [-0.2, 0) is 0 Å². The minimum atomic E-state index is -0.472. The first kappa shape index (κ1) is 13.3. The van der Waals surface area contributed by atoms with Gasteiger partial charge in [0.2, 0.25) is 0 Å². The molecule has 0 spiro atoms. The summed E-state index contributed by atoms with van der Waals surface area (Å²) in [7, 11) is 0. The smallest absolute Gasteiger partial charge is 0.170 e. The highest BCUT2D eigenvalue weighted by molar-refractivity contribution is 6.36. The van der Waals surface area contributed by atoms with Crippen molar-refractivity contribution in [1.29, 1.82) is 0 Å². The van der Waals surface area contributed by atoms with E-state index in [2.05, 4.69) is 0 Å². The van der Waals surface area contributed by atoms with Crippen LogP contribution in [0.5, 0.6) is 5.75 Å². The number of fused-ring (bicyclic) bond motifs is 1. The summed E-state index contributed by atoms with van der Waals surface area (Å²) in [5, 5.41) is 0.989. The lowest BCUT2D eigenvalue weighted by Crippen LogP contribution is -2.21. The van der Waals surface area contributed by atoms with Gasteiger partial charge in [0, 0.05) is 21.3 Å². The zero-order valence-electron chi connectivity index (χ0n) is 10.4. The van der Waals surface area contributed by atoms with Gasteiger partial charge in [-0.1, -0.05) is 29.3 Å². The quantitative estimate of drug-likeness (QED) is 0.800. The number of carbonyl (C=O) groups excluding carboxylic acids is 1. The SMILES string of the molecule is Nc1ccc2c(c1)C(=O)CC(c1c(Cl)cccc1Cl)O2. The summed E-state index contributed by atoms with van der Waals surface area (Å²) in [5.41, 5.74) is 7.37. The second-order valence-corrected chi connectivity index (χ2v) is 5.44. The Morgan fingerprint density at radius 2 is 1.85 bits per heavy atom. The number of benzene rings is 2. The molecule has 0 radical (unpaired) electrons. The zero-order chi connectivity index (χ0) is 14.3. The number of ether oxygens (including phenoxy) is 1. The van der Waals surface area contributed by atoms with Gasteiger partial charge in [0.05, 0.1) is 12.0 Å². The predicted octanol–water partition coefficient (Wildman–Crippen LogP) is 4.28. The van der Waals surface area contributed by atoms with Gasteiger partial charge in [0.25, 0.3) is 0 Å². The second-order valence-electron chi connectivity index (χ2n) is 4.62. The number of rotatable bonds is 1. The molecule has 2 aromatic rings. The van der Waals surface area contributed by atoms with Crippen LogP contribution < -0.4 is 10.5 Å². The molecule has 0 aromatic heterocycles. The Kier molecular flexibility index (Phi) is 3.32. The molecular formula is C15H11Cl2NO2. The van der Waals surface area contributed by atoms with Crippen LogP contribution in [0.4, 0.5) is 5.69 Å². The van der Waals surface area contributed by atoms with E-state index in [4.69, 9.17) is 33.7 Å². The van der Waals surface area contributed by atoms with Crippen LogP contribution in [0.2, 0.25) is 10.0 Å². The third-order valence-electron chi connectivity index (χ3n) is 3.27. The number of carbonyl (C=O) groups is 1. The van der Waals surface area contributed by atoms with Crippen molar-refractivity contribution in [2.75, 3.05) is 5.73 Å². The lowest BCUT2D eigenvalue weighted by Gasteiger charge is -2.26. The number of ketones is 1. The van der Waals surface area contributed by atoms with Crippen molar-refractivity contribution in [2.45, 2.75) is 12.5 Å². The van der Waals surface area contributed by atoms with Crippen molar-refractivity contribution >= 4 is 34.7 Å². The predicted molar refractivity (Wildman–Crippen MR) is 79.6 cm³/mol. The Labute approximate surface area is 126 Å². The molecule has 3 nitrogen and oxygen atoms in total. The Hall–Kier alpha value is -1.71. The fourth-order valence-corrected chi connectivity index (χ4v) is 2.96. The Morgan fingerprint density at radius 3 is 2.55 bits per heavy atom. The van der Waals surface area contributed by atoms with Gasteiger partial charge in [0.1, 0.15) is 11.9 Å². The van der Waals surface area contributed by atoms with Crippen LogP contribution in [-0.4, -0.2) is 5.78 Å². The Bertz CT molecular complexity index is 680. The fraction of sp³-hybridized carbons (Fsp3) is 0.133. The fourth-order valence-electron chi connectivity index (χ4n) is 2.32. The summed E-state index contributed by atoms with van der Waals surface area (Å²) in [6.07, 6.45) is -0.278. The first-order valence-electron chi connectivity index (χ1n) is 6.09. The third kappa shape index (κ3) is 2.23. The lowest BCUT2D eigenvalue weighted by atomic mass is 9.96. The molecule has 0 aliphatic carbocycles. The second kappa shape index (κ2) is 5.00. The molecule has 1 atom stereocenters. The van der Waals surface area contributed by atoms with E-state index < -0.39 is 6.10 Å². The number of hydrogen-bond donors (Lipinski definition) is 1. The van der Waals surface area contributed by atoms with Crippen LogP contribution >= 0.6 is 23.2 Å². The molecule has 0 amide bonds. The number of nitrogens with two attached hydrogens (primary N) is 1. The summed E-state index contributed by atoms with van der Waals surface area (Å²) in [5.74, 6) is 0.482. The molecule has 1 aliphatic heterocycles. The summed E-state index contributed by atoms with van der Waals surface area (Å²) in [4.78, 5) is 12.2. The molecule has 0 saturated carbocycles. The van der Waals surface area contributed by atoms with Gasteiger partial charge < -0.3 is 10.5 Å². The summed E-state index contributed by atoms with van der Waals surface area (Å²) >= 11 is 12.3. The molecule has 2 N–H and O–H groups in total. The van der Waals surface area contributed by atoms with Crippen molar-refractivity contribution in [3.05, 3.63) is 57.6 Å². The maximum Gasteiger partial charge on any atom is 0.170 e. The number of anilines is 1. The van der Waals surface area contributed by atoms with Gasteiger partial charge in [-0.15, -0.1) is 0 Å². The topological polar surface area (TPSA) is 52.3 Å². The first-order chi connectivity index (χ1) is 9.56. The number of hydrogen-bond acceptors (Lipinski definition) is 3. The highest BCUT2D eigenvalue weighted by Crippen LogP contribution is 2.40. The van der Waals surface area contributed by atoms with Crippen molar-refractivity contribution in [1.82, 2.24) is 0 Å². The number of halogens is 2. The van der Waals surface area contributed by atoms with Gasteiger partial charge in [-0.25, -0.2) is 0 Å². The Morgan fingerprint density at radius 1 is 1.15 bits per heavy atom. The maximum atomic E-state index is 12.2. The van der Waals surface area contributed by atoms with Crippen molar-refractivity contribution in [3.8, 4) is 5.75 Å².